The molecule has 3 N–H and O–H groups in total. The van der Waals surface area contributed by atoms with Crippen LogP contribution in [-0.2, 0) is 9.53 Å². The maximum Gasteiger partial charge on any atom is 0.325 e. The molecule has 9 heteroatoms. The number of aliphatic carboxylic acids is 1. The molecule has 1 aromatic carbocycles. The first-order valence-electron chi connectivity index (χ1n) is 11.1. The van der Waals surface area contributed by atoms with E-state index < -0.39 is 12.0 Å². The molecule has 0 unspecified atom stereocenters. The van der Waals surface area contributed by atoms with Crippen molar-refractivity contribution in [2.24, 2.45) is 0 Å². The van der Waals surface area contributed by atoms with Crippen molar-refractivity contribution in [3.63, 3.8) is 0 Å². The number of nitrogens with one attached hydrogen (secondary N) is 2. The zero-order valence-electron chi connectivity index (χ0n) is 18.9. The predicted molar refractivity (Wildman–Crippen MR) is 122 cm³/mol. The number of aryl methyl sites for hydroxylation is 1. The Balaban J connectivity index is 1.91. The highest BCUT2D eigenvalue weighted by atomic mass is 16.5. The standard InChI is InChI=1S/C23H32N4O5/c1-4-16(14-22(28)29)17-6-7-20(27(5-2)18-8-10-31-11-9-18)19(13-17)24-23(30)25-21-12-15(3)32-26-21/h6-7,12-13,16,18H,4-5,8-11,14H2,1-3H3,(H,28,29)(H2,24,25,26,30)/t16-/m0/s1. The van der Waals surface area contributed by atoms with Gasteiger partial charge in [0.1, 0.15) is 5.76 Å². The summed E-state index contributed by atoms with van der Waals surface area (Å²) in [5.41, 5.74) is 2.42. The Bertz CT molecular complexity index is 923. The van der Waals surface area contributed by atoms with Crippen LogP contribution in [0.2, 0.25) is 0 Å². The first kappa shape index (κ1) is 23.6. The van der Waals surface area contributed by atoms with Crippen LogP contribution < -0.4 is 15.5 Å². The largest absolute Gasteiger partial charge is 0.481 e. The number of carbonyl (C=O) groups excluding carboxylic acids is 1. The smallest absolute Gasteiger partial charge is 0.325 e. The lowest BCUT2D eigenvalue weighted by Gasteiger charge is -2.36. The molecule has 9 nitrogen and oxygen atoms in total. The first-order chi connectivity index (χ1) is 15.4. The molecule has 1 aliphatic rings. The number of hydrogen-bond acceptors (Lipinski definition) is 6. The lowest BCUT2D eigenvalue weighted by atomic mass is 9.92. The highest BCUT2D eigenvalue weighted by Gasteiger charge is 2.24. The van der Waals surface area contributed by atoms with Gasteiger partial charge in [0.25, 0.3) is 0 Å². The fourth-order valence-corrected chi connectivity index (χ4v) is 4.18. The molecule has 0 bridgehead atoms. The van der Waals surface area contributed by atoms with Crippen LogP contribution in [0.1, 0.15) is 56.8 Å². The number of hydrogen-bond donors (Lipinski definition) is 3. The van der Waals surface area contributed by atoms with Gasteiger partial charge in [-0.3, -0.25) is 10.1 Å². The summed E-state index contributed by atoms with van der Waals surface area (Å²) < 4.78 is 10.5. The topological polar surface area (TPSA) is 117 Å². The molecule has 0 saturated carbocycles. The Morgan fingerprint density at radius 1 is 1.22 bits per heavy atom. The number of carbonyl (C=O) groups is 2. The van der Waals surface area contributed by atoms with E-state index in [0.717, 1.165) is 30.6 Å². The Morgan fingerprint density at radius 2 is 1.97 bits per heavy atom. The molecule has 1 saturated heterocycles. The quantitative estimate of drug-likeness (QED) is 0.517. The first-order valence-corrected chi connectivity index (χ1v) is 11.1. The van der Waals surface area contributed by atoms with E-state index in [9.17, 15) is 14.7 Å². The number of rotatable bonds is 9. The number of carboxylic acid groups (broad SMARTS) is 1. The molecule has 0 aliphatic carbocycles. The third kappa shape index (κ3) is 6.00. The third-order valence-corrected chi connectivity index (χ3v) is 5.81. The van der Waals surface area contributed by atoms with E-state index in [4.69, 9.17) is 9.26 Å². The van der Waals surface area contributed by atoms with E-state index in [1.165, 1.54) is 0 Å². The minimum atomic E-state index is -0.841. The summed E-state index contributed by atoms with van der Waals surface area (Å²) in [4.78, 5) is 26.3. The number of nitrogens with zero attached hydrogens (tertiary/aromatic N) is 2. The van der Waals surface area contributed by atoms with Gasteiger partial charge in [0.05, 0.1) is 17.8 Å². The average molecular weight is 445 g/mol. The van der Waals surface area contributed by atoms with Crippen LogP contribution in [0.4, 0.5) is 22.0 Å². The second-order valence-electron chi connectivity index (χ2n) is 8.01. The van der Waals surface area contributed by atoms with E-state index in [1.54, 1.807) is 13.0 Å². The van der Waals surface area contributed by atoms with Crippen molar-refractivity contribution in [1.29, 1.82) is 0 Å². The molecule has 2 heterocycles. The van der Waals surface area contributed by atoms with Gasteiger partial charge >= 0.3 is 12.0 Å². The Morgan fingerprint density at radius 3 is 2.56 bits per heavy atom. The Labute approximate surface area is 188 Å². The van der Waals surface area contributed by atoms with Gasteiger partial charge in [-0.25, -0.2) is 4.79 Å². The average Bonchev–Trinajstić information content (AvgIpc) is 3.18. The fourth-order valence-electron chi connectivity index (χ4n) is 4.18. The highest BCUT2D eigenvalue weighted by molar-refractivity contribution is 6.01. The SMILES string of the molecule is CC[C@@H](CC(=O)O)c1ccc(N(CC)C2CCOCC2)c(NC(=O)Nc2cc(C)on2)c1. The molecule has 174 valence electrons. The van der Waals surface area contributed by atoms with Crippen LogP contribution in [0.3, 0.4) is 0 Å². The molecule has 1 aromatic heterocycles. The van der Waals surface area contributed by atoms with Gasteiger partial charge in [-0.2, -0.15) is 0 Å². The monoisotopic (exact) mass is 444 g/mol. The second-order valence-corrected chi connectivity index (χ2v) is 8.01. The van der Waals surface area contributed by atoms with E-state index >= 15 is 0 Å². The van der Waals surface area contributed by atoms with Crippen molar-refractivity contribution in [3.8, 4) is 0 Å². The summed E-state index contributed by atoms with van der Waals surface area (Å²) in [5, 5.41) is 18.7. The van der Waals surface area contributed by atoms with Gasteiger partial charge in [-0.05, 0) is 56.7 Å². The van der Waals surface area contributed by atoms with Crippen molar-refractivity contribution in [2.75, 3.05) is 35.3 Å². The van der Waals surface area contributed by atoms with Gasteiger partial charge in [0.15, 0.2) is 5.82 Å². The molecule has 1 fully saturated rings. The molecular formula is C23H32N4O5. The number of amides is 2. The summed E-state index contributed by atoms with van der Waals surface area (Å²) >= 11 is 0. The molecule has 0 radical (unpaired) electrons. The lowest BCUT2D eigenvalue weighted by molar-refractivity contribution is -0.137. The van der Waals surface area contributed by atoms with E-state index in [0.29, 0.717) is 42.9 Å². The number of benzene rings is 1. The molecule has 2 aromatic rings. The molecular weight excluding hydrogens is 412 g/mol. The highest BCUT2D eigenvalue weighted by Crippen LogP contribution is 2.35. The van der Waals surface area contributed by atoms with Crippen molar-refractivity contribution in [1.82, 2.24) is 5.16 Å². The second kappa shape index (κ2) is 11.0. The Hall–Kier alpha value is -3.07. The summed E-state index contributed by atoms with van der Waals surface area (Å²) in [6.07, 6.45) is 2.55. The van der Waals surface area contributed by atoms with Crippen LogP contribution in [-0.4, -0.2) is 48.1 Å². The van der Waals surface area contributed by atoms with Crippen molar-refractivity contribution in [3.05, 3.63) is 35.6 Å². The summed E-state index contributed by atoms with van der Waals surface area (Å²) in [6.45, 7) is 8.00. The van der Waals surface area contributed by atoms with E-state index in [1.807, 2.05) is 25.1 Å². The van der Waals surface area contributed by atoms with E-state index in [-0.39, 0.29) is 12.3 Å². The maximum absolute atomic E-state index is 12.7. The van der Waals surface area contributed by atoms with Crippen LogP contribution in [0.25, 0.3) is 0 Å². The van der Waals surface area contributed by atoms with Crippen molar-refractivity contribution >= 4 is 29.2 Å². The maximum atomic E-state index is 12.7. The van der Waals surface area contributed by atoms with Crippen LogP contribution >= 0.6 is 0 Å². The Kier molecular flexibility index (Phi) is 8.10. The van der Waals surface area contributed by atoms with E-state index in [2.05, 4.69) is 27.6 Å². The van der Waals surface area contributed by atoms with Gasteiger partial charge in [-0.15, -0.1) is 0 Å². The summed E-state index contributed by atoms with van der Waals surface area (Å²) in [6, 6.07) is 7.35. The molecule has 3 rings (SSSR count). The number of urea groups is 1. The number of anilines is 3. The van der Waals surface area contributed by atoms with Crippen LogP contribution in [0.5, 0.6) is 0 Å². The molecule has 1 aliphatic heterocycles. The minimum absolute atomic E-state index is 0.0388. The number of aromatic nitrogens is 1. The minimum Gasteiger partial charge on any atom is -0.481 e. The van der Waals surface area contributed by atoms with Crippen LogP contribution in [0.15, 0.2) is 28.8 Å². The van der Waals surface area contributed by atoms with Gasteiger partial charge in [-0.1, -0.05) is 18.1 Å². The summed E-state index contributed by atoms with van der Waals surface area (Å²) in [5.74, 6) is -0.0561. The van der Waals surface area contributed by atoms with Crippen molar-refractivity contribution in [2.45, 2.75) is 58.4 Å². The van der Waals surface area contributed by atoms with Gasteiger partial charge < -0.3 is 24.6 Å². The lowest BCUT2D eigenvalue weighted by Crippen LogP contribution is -2.40. The van der Waals surface area contributed by atoms with Gasteiger partial charge in [0.2, 0.25) is 0 Å². The predicted octanol–water partition coefficient (Wildman–Crippen LogP) is 4.60. The summed E-state index contributed by atoms with van der Waals surface area (Å²) in [7, 11) is 0. The zero-order valence-corrected chi connectivity index (χ0v) is 18.9. The van der Waals surface area contributed by atoms with Crippen LogP contribution in [0, 0.1) is 6.92 Å². The fraction of sp³-hybridized carbons (Fsp3) is 0.522. The molecule has 1 atom stereocenters. The van der Waals surface area contributed by atoms with Crippen molar-refractivity contribution < 1.29 is 24.0 Å². The third-order valence-electron chi connectivity index (χ3n) is 5.81. The number of ether oxygens (including phenoxy) is 1. The molecule has 2 amide bonds. The zero-order chi connectivity index (χ0) is 23.1. The van der Waals surface area contributed by atoms with Gasteiger partial charge in [0, 0.05) is 31.9 Å². The molecule has 0 spiro atoms. The number of carboxylic acids is 1. The molecule has 32 heavy (non-hydrogen) atoms. The normalized spacial score (nSPS) is 15.2.